The van der Waals surface area contributed by atoms with Gasteiger partial charge in [0, 0.05) is 18.9 Å². The molecule has 0 bridgehead atoms. The summed E-state index contributed by atoms with van der Waals surface area (Å²) in [5, 5.41) is 12.3. The maximum Gasteiger partial charge on any atom is 0.122 e. The first-order chi connectivity index (χ1) is 8.59. The molecule has 0 aliphatic rings. The van der Waals surface area contributed by atoms with Gasteiger partial charge < -0.3 is 9.88 Å². The second-order valence-corrected chi connectivity index (χ2v) is 5.31. The number of nitriles is 1. The van der Waals surface area contributed by atoms with Gasteiger partial charge in [0.05, 0.1) is 18.0 Å². The number of nitrogens with zero attached hydrogens (tertiary/aromatic N) is 3. The molecule has 4 heteroatoms. The van der Waals surface area contributed by atoms with Gasteiger partial charge in [-0.05, 0) is 39.7 Å². The molecule has 0 saturated heterocycles. The lowest BCUT2D eigenvalue weighted by Gasteiger charge is -2.15. The Morgan fingerprint density at radius 3 is 2.94 bits per heavy atom. The summed E-state index contributed by atoms with van der Waals surface area (Å²) in [5.74, 6) is 1.08. The van der Waals surface area contributed by atoms with Crippen molar-refractivity contribution < 1.29 is 0 Å². The van der Waals surface area contributed by atoms with E-state index < -0.39 is 0 Å². The third-order valence-electron chi connectivity index (χ3n) is 3.02. The standard InChI is InChI=1S/C14H24N4/c1-4-7-16-11-13-17-8-10-18(13)9-5-6-14(2,3)12-15/h8,10,16H,4-7,9,11H2,1-3H3. The van der Waals surface area contributed by atoms with Crippen LogP contribution in [0.25, 0.3) is 0 Å². The average Bonchev–Trinajstić information content (AvgIpc) is 2.77. The Morgan fingerprint density at radius 1 is 1.50 bits per heavy atom. The van der Waals surface area contributed by atoms with E-state index in [1.807, 2.05) is 26.2 Å². The summed E-state index contributed by atoms with van der Waals surface area (Å²) in [6, 6.07) is 2.34. The van der Waals surface area contributed by atoms with Crippen LogP contribution in [0, 0.1) is 16.7 Å². The van der Waals surface area contributed by atoms with Crippen LogP contribution in [0.4, 0.5) is 0 Å². The second-order valence-electron chi connectivity index (χ2n) is 5.31. The number of aryl methyl sites for hydroxylation is 1. The van der Waals surface area contributed by atoms with Crippen LogP contribution < -0.4 is 5.32 Å². The Morgan fingerprint density at radius 2 is 2.28 bits per heavy atom. The van der Waals surface area contributed by atoms with Crippen molar-refractivity contribution in [3.05, 3.63) is 18.2 Å². The fraction of sp³-hybridized carbons (Fsp3) is 0.714. The Balaban J connectivity index is 2.39. The summed E-state index contributed by atoms with van der Waals surface area (Å²) in [6.07, 6.45) is 6.93. The minimum Gasteiger partial charge on any atom is -0.334 e. The highest BCUT2D eigenvalue weighted by atomic mass is 15.1. The molecule has 1 rings (SSSR count). The zero-order valence-electron chi connectivity index (χ0n) is 11.7. The normalized spacial score (nSPS) is 11.4. The molecule has 0 aliphatic heterocycles. The van der Waals surface area contributed by atoms with E-state index in [0.717, 1.165) is 44.7 Å². The van der Waals surface area contributed by atoms with Crippen molar-refractivity contribution in [3.63, 3.8) is 0 Å². The number of aromatic nitrogens is 2. The molecule has 0 unspecified atom stereocenters. The van der Waals surface area contributed by atoms with Gasteiger partial charge >= 0.3 is 0 Å². The van der Waals surface area contributed by atoms with E-state index in [1.54, 1.807) is 0 Å². The monoisotopic (exact) mass is 248 g/mol. The minimum absolute atomic E-state index is 0.221. The summed E-state index contributed by atoms with van der Waals surface area (Å²) in [4.78, 5) is 4.36. The molecular formula is C14H24N4. The summed E-state index contributed by atoms with van der Waals surface area (Å²) in [7, 11) is 0. The number of hydrogen-bond acceptors (Lipinski definition) is 3. The van der Waals surface area contributed by atoms with Crippen molar-refractivity contribution in [2.24, 2.45) is 5.41 Å². The molecule has 18 heavy (non-hydrogen) atoms. The van der Waals surface area contributed by atoms with Crippen molar-refractivity contribution >= 4 is 0 Å². The molecule has 0 atom stereocenters. The fourth-order valence-corrected chi connectivity index (χ4v) is 1.84. The van der Waals surface area contributed by atoms with E-state index in [4.69, 9.17) is 5.26 Å². The Labute approximate surface area is 110 Å². The third-order valence-corrected chi connectivity index (χ3v) is 3.02. The average molecular weight is 248 g/mol. The quantitative estimate of drug-likeness (QED) is 0.720. The van der Waals surface area contributed by atoms with Crippen LogP contribution >= 0.6 is 0 Å². The first kappa shape index (κ1) is 14.7. The van der Waals surface area contributed by atoms with Gasteiger partial charge in [0.15, 0.2) is 0 Å². The predicted molar refractivity (Wildman–Crippen MR) is 72.9 cm³/mol. The smallest absolute Gasteiger partial charge is 0.122 e. The highest BCUT2D eigenvalue weighted by Gasteiger charge is 2.15. The zero-order valence-corrected chi connectivity index (χ0v) is 11.7. The van der Waals surface area contributed by atoms with E-state index in [1.165, 1.54) is 0 Å². The maximum atomic E-state index is 8.97. The zero-order chi connectivity index (χ0) is 13.4. The molecular weight excluding hydrogens is 224 g/mol. The van der Waals surface area contributed by atoms with Crippen LogP contribution in [-0.4, -0.2) is 16.1 Å². The summed E-state index contributed by atoms with van der Waals surface area (Å²) >= 11 is 0. The maximum absolute atomic E-state index is 8.97. The molecule has 100 valence electrons. The third kappa shape index (κ3) is 4.89. The van der Waals surface area contributed by atoms with Gasteiger partial charge in [-0.1, -0.05) is 6.92 Å². The van der Waals surface area contributed by atoms with E-state index in [-0.39, 0.29) is 5.41 Å². The number of hydrogen-bond donors (Lipinski definition) is 1. The molecule has 4 nitrogen and oxygen atoms in total. The minimum atomic E-state index is -0.221. The van der Waals surface area contributed by atoms with E-state index in [0.29, 0.717) is 0 Å². The van der Waals surface area contributed by atoms with Crippen molar-refractivity contribution in [2.45, 2.75) is 53.1 Å². The lowest BCUT2D eigenvalue weighted by molar-refractivity contribution is 0.411. The summed E-state index contributed by atoms with van der Waals surface area (Å²) in [6.45, 7) is 8.92. The van der Waals surface area contributed by atoms with Gasteiger partial charge in [-0.3, -0.25) is 0 Å². The van der Waals surface area contributed by atoms with E-state index >= 15 is 0 Å². The van der Waals surface area contributed by atoms with E-state index in [2.05, 4.69) is 27.9 Å². The van der Waals surface area contributed by atoms with Crippen molar-refractivity contribution in [2.75, 3.05) is 6.54 Å². The first-order valence-corrected chi connectivity index (χ1v) is 6.71. The molecule has 0 spiro atoms. The summed E-state index contributed by atoms with van der Waals surface area (Å²) in [5.41, 5.74) is -0.221. The highest BCUT2D eigenvalue weighted by molar-refractivity contribution is 4.94. The van der Waals surface area contributed by atoms with Gasteiger partial charge in [-0.2, -0.15) is 5.26 Å². The molecule has 1 heterocycles. The van der Waals surface area contributed by atoms with Crippen molar-refractivity contribution in [1.29, 1.82) is 5.26 Å². The molecule has 1 aromatic rings. The molecule has 0 fully saturated rings. The van der Waals surface area contributed by atoms with Crippen LogP contribution in [0.3, 0.4) is 0 Å². The lowest BCUT2D eigenvalue weighted by Crippen LogP contribution is -2.18. The lowest BCUT2D eigenvalue weighted by atomic mass is 9.90. The number of imidazole rings is 1. The molecule has 0 amide bonds. The largest absolute Gasteiger partial charge is 0.334 e. The molecule has 0 radical (unpaired) electrons. The van der Waals surface area contributed by atoms with Crippen LogP contribution in [0.2, 0.25) is 0 Å². The van der Waals surface area contributed by atoms with Crippen LogP contribution in [0.15, 0.2) is 12.4 Å². The number of rotatable bonds is 8. The molecule has 1 N–H and O–H groups in total. The van der Waals surface area contributed by atoms with Crippen molar-refractivity contribution in [1.82, 2.24) is 14.9 Å². The van der Waals surface area contributed by atoms with Crippen LogP contribution in [-0.2, 0) is 13.1 Å². The SMILES string of the molecule is CCCNCc1nccn1CCCC(C)(C)C#N. The molecule has 0 aromatic carbocycles. The van der Waals surface area contributed by atoms with Crippen LogP contribution in [0.5, 0.6) is 0 Å². The Hall–Kier alpha value is -1.34. The fourth-order valence-electron chi connectivity index (χ4n) is 1.84. The Kier molecular flexibility index (Phi) is 5.87. The van der Waals surface area contributed by atoms with Gasteiger partial charge in [-0.15, -0.1) is 0 Å². The van der Waals surface area contributed by atoms with Crippen molar-refractivity contribution in [3.8, 4) is 6.07 Å². The molecule has 0 aliphatic carbocycles. The second kappa shape index (κ2) is 7.17. The topological polar surface area (TPSA) is 53.6 Å². The van der Waals surface area contributed by atoms with Gasteiger partial charge in [0.1, 0.15) is 5.82 Å². The first-order valence-electron chi connectivity index (χ1n) is 6.71. The number of nitrogens with one attached hydrogen (secondary N) is 1. The van der Waals surface area contributed by atoms with E-state index in [9.17, 15) is 0 Å². The highest BCUT2D eigenvalue weighted by Crippen LogP contribution is 2.21. The Bertz CT molecular complexity index is 387. The molecule has 0 saturated carbocycles. The van der Waals surface area contributed by atoms with Gasteiger partial charge in [0.2, 0.25) is 0 Å². The van der Waals surface area contributed by atoms with Gasteiger partial charge in [-0.25, -0.2) is 4.98 Å². The van der Waals surface area contributed by atoms with Gasteiger partial charge in [0.25, 0.3) is 0 Å². The predicted octanol–water partition coefficient (Wildman–Crippen LogP) is 2.71. The molecule has 1 aromatic heterocycles. The van der Waals surface area contributed by atoms with Crippen LogP contribution in [0.1, 0.15) is 45.9 Å². The summed E-state index contributed by atoms with van der Waals surface area (Å²) < 4.78 is 2.18.